The molecule has 0 saturated carbocycles. The Morgan fingerprint density at radius 3 is 2.54 bits per heavy atom. The van der Waals surface area contributed by atoms with E-state index in [4.69, 9.17) is 5.73 Å². The third-order valence-electron chi connectivity index (χ3n) is 2.10. The highest BCUT2D eigenvalue weighted by atomic mass is 16.2. The molecule has 0 aromatic carbocycles. The summed E-state index contributed by atoms with van der Waals surface area (Å²) >= 11 is 0. The van der Waals surface area contributed by atoms with Crippen LogP contribution in [0.4, 0.5) is 4.79 Å². The Hall–Kier alpha value is -0.770. The van der Waals surface area contributed by atoms with E-state index in [0.29, 0.717) is 12.5 Å². The van der Waals surface area contributed by atoms with E-state index in [1.165, 1.54) is 4.90 Å². The predicted octanol–water partition coefficient (Wildman–Crippen LogP) is 0.633. The van der Waals surface area contributed by atoms with Gasteiger partial charge in [0.15, 0.2) is 0 Å². The molecular weight excluding hydrogens is 166 g/mol. The van der Waals surface area contributed by atoms with E-state index in [1.54, 1.807) is 14.1 Å². The number of nitrogens with two attached hydrogens (primary N) is 1. The van der Waals surface area contributed by atoms with Crippen LogP contribution in [0.1, 0.15) is 19.8 Å². The van der Waals surface area contributed by atoms with Crippen LogP contribution in [-0.4, -0.2) is 38.1 Å². The third kappa shape index (κ3) is 5.47. The minimum atomic E-state index is -0.0320. The van der Waals surface area contributed by atoms with Gasteiger partial charge in [0.1, 0.15) is 0 Å². The SMILES string of the molecule is CCC(CCN)CNC(=O)N(C)C. The third-order valence-corrected chi connectivity index (χ3v) is 2.10. The number of rotatable bonds is 5. The molecule has 0 aliphatic heterocycles. The molecule has 13 heavy (non-hydrogen) atoms. The van der Waals surface area contributed by atoms with Gasteiger partial charge in [0, 0.05) is 20.6 Å². The van der Waals surface area contributed by atoms with Crippen molar-refractivity contribution in [3.63, 3.8) is 0 Å². The number of hydrogen-bond donors (Lipinski definition) is 2. The molecule has 2 amide bonds. The second-order valence-electron chi connectivity index (χ2n) is 3.43. The van der Waals surface area contributed by atoms with E-state index < -0.39 is 0 Å². The number of amides is 2. The zero-order chi connectivity index (χ0) is 10.3. The lowest BCUT2D eigenvalue weighted by Gasteiger charge is -2.17. The molecule has 3 N–H and O–H groups in total. The summed E-state index contributed by atoms with van der Waals surface area (Å²) in [5, 5.41) is 2.85. The van der Waals surface area contributed by atoms with Gasteiger partial charge >= 0.3 is 6.03 Å². The van der Waals surface area contributed by atoms with E-state index in [1.807, 2.05) is 0 Å². The van der Waals surface area contributed by atoms with Crippen molar-refractivity contribution in [1.82, 2.24) is 10.2 Å². The maximum atomic E-state index is 11.2. The molecule has 4 nitrogen and oxygen atoms in total. The summed E-state index contributed by atoms with van der Waals surface area (Å²) in [7, 11) is 3.47. The highest BCUT2D eigenvalue weighted by molar-refractivity contribution is 5.73. The molecule has 0 fully saturated rings. The van der Waals surface area contributed by atoms with Gasteiger partial charge in [-0.25, -0.2) is 4.79 Å². The Balaban J connectivity index is 3.65. The summed E-state index contributed by atoms with van der Waals surface area (Å²) < 4.78 is 0. The first-order valence-electron chi connectivity index (χ1n) is 4.77. The fourth-order valence-electron chi connectivity index (χ4n) is 1.08. The summed E-state index contributed by atoms with van der Waals surface area (Å²) in [6, 6.07) is -0.0320. The summed E-state index contributed by atoms with van der Waals surface area (Å²) in [4.78, 5) is 12.7. The van der Waals surface area contributed by atoms with Crippen molar-refractivity contribution in [2.24, 2.45) is 11.7 Å². The normalized spacial score (nSPS) is 12.3. The van der Waals surface area contributed by atoms with Crippen LogP contribution in [0, 0.1) is 5.92 Å². The van der Waals surface area contributed by atoms with E-state index in [9.17, 15) is 4.79 Å². The summed E-state index contributed by atoms with van der Waals surface area (Å²) in [5.74, 6) is 0.508. The molecule has 0 bridgehead atoms. The van der Waals surface area contributed by atoms with Crippen molar-refractivity contribution in [2.45, 2.75) is 19.8 Å². The topological polar surface area (TPSA) is 58.4 Å². The molecule has 1 unspecified atom stereocenters. The van der Waals surface area contributed by atoms with Gasteiger partial charge in [0.2, 0.25) is 0 Å². The average molecular weight is 187 g/mol. The van der Waals surface area contributed by atoms with Crippen molar-refractivity contribution >= 4 is 6.03 Å². The lowest BCUT2D eigenvalue weighted by molar-refractivity contribution is 0.215. The zero-order valence-electron chi connectivity index (χ0n) is 8.84. The van der Waals surface area contributed by atoms with Crippen LogP contribution in [-0.2, 0) is 0 Å². The molecule has 4 heteroatoms. The highest BCUT2D eigenvalue weighted by Crippen LogP contribution is 2.04. The standard InChI is InChI=1S/C9H21N3O/c1-4-8(5-6-10)7-11-9(13)12(2)3/h8H,4-7,10H2,1-3H3,(H,11,13). The van der Waals surface area contributed by atoms with Crippen molar-refractivity contribution in [2.75, 3.05) is 27.2 Å². The quantitative estimate of drug-likeness (QED) is 0.663. The van der Waals surface area contributed by atoms with Crippen LogP contribution in [0.25, 0.3) is 0 Å². The Kier molecular flexibility index (Phi) is 6.32. The van der Waals surface area contributed by atoms with Crippen molar-refractivity contribution in [3.8, 4) is 0 Å². The Morgan fingerprint density at radius 1 is 1.54 bits per heavy atom. The maximum Gasteiger partial charge on any atom is 0.316 e. The van der Waals surface area contributed by atoms with E-state index in [-0.39, 0.29) is 6.03 Å². The zero-order valence-corrected chi connectivity index (χ0v) is 8.84. The van der Waals surface area contributed by atoms with Crippen molar-refractivity contribution < 1.29 is 4.79 Å². The summed E-state index contributed by atoms with van der Waals surface area (Å²) in [6.45, 7) is 3.53. The lowest BCUT2D eigenvalue weighted by atomic mass is 10.0. The summed E-state index contributed by atoms with van der Waals surface area (Å²) in [6.07, 6.45) is 2.04. The fourth-order valence-corrected chi connectivity index (χ4v) is 1.08. The molecule has 0 aromatic heterocycles. The van der Waals surface area contributed by atoms with Gasteiger partial charge in [-0.2, -0.15) is 0 Å². The van der Waals surface area contributed by atoms with Gasteiger partial charge < -0.3 is 16.0 Å². The number of carbonyl (C=O) groups is 1. The van der Waals surface area contributed by atoms with Gasteiger partial charge in [-0.15, -0.1) is 0 Å². The second kappa shape index (κ2) is 6.71. The molecule has 1 atom stereocenters. The van der Waals surface area contributed by atoms with Gasteiger partial charge in [-0.1, -0.05) is 13.3 Å². The van der Waals surface area contributed by atoms with E-state index in [2.05, 4.69) is 12.2 Å². The minimum absolute atomic E-state index is 0.0320. The summed E-state index contributed by atoms with van der Waals surface area (Å²) in [5.41, 5.74) is 5.45. The molecule has 0 saturated heterocycles. The Bertz CT molecular complexity index is 148. The number of carbonyl (C=O) groups excluding carboxylic acids is 1. The molecular formula is C9H21N3O. The predicted molar refractivity (Wildman–Crippen MR) is 54.5 cm³/mol. The molecule has 0 rings (SSSR count). The molecule has 78 valence electrons. The monoisotopic (exact) mass is 187 g/mol. The molecule has 0 spiro atoms. The van der Waals surface area contributed by atoms with Gasteiger partial charge in [-0.05, 0) is 18.9 Å². The van der Waals surface area contributed by atoms with Crippen molar-refractivity contribution in [3.05, 3.63) is 0 Å². The van der Waals surface area contributed by atoms with Gasteiger partial charge in [-0.3, -0.25) is 0 Å². The Morgan fingerprint density at radius 2 is 2.15 bits per heavy atom. The van der Waals surface area contributed by atoms with Crippen LogP contribution >= 0.6 is 0 Å². The van der Waals surface area contributed by atoms with Crippen LogP contribution in [0.15, 0.2) is 0 Å². The van der Waals surface area contributed by atoms with E-state index in [0.717, 1.165) is 19.4 Å². The minimum Gasteiger partial charge on any atom is -0.338 e. The molecule has 0 aliphatic rings. The maximum absolute atomic E-state index is 11.2. The largest absolute Gasteiger partial charge is 0.338 e. The van der Waals surface area contributed by atoms with Crippen LogP contribution < -0.4 is 11.1 Å². The van der Waals surface area contributed by atoms with Crippen molar-refractivity contribution in [1.29, 1.82) is 0 Å². The van der Waals surface area contributed by atoms with Crippen LogP contribution in [0.5, 0.6) is 0 Å². The first kappa shape index (κ1) is 12.2. The van der Waals surface area contributed by atoms with Gasteiger partial charge in [0.25, 0.3) is 0 Å². The number of urea groups is 1. The molecule has 0 radical (unpaired) electrons. The fraction of sp³-hybridized carbons (Fsp3) is 0.889. The lowest BCUT2D eigenvalue weighted by Crippen LogP contribution is -2.37. The van der Waals surface area contributed by atoms with Gasteiger partial charge in [0.05, 0.1) is 0 Å². The molecule has 0 heterocycles. The molecule has 0 aromatic rings. The van der Waals surface area contributed by atoms with E-state index >= 15 is 0 Å². The Labute approximate surface area is 80.5 Å². The van der Waals surface area contributed by atoms with Crippen LogP contribution in [0.2, 0.25) is 0 Å². The average Bonchev–Trinajstić information content (AvgIpc) is 2.11. The number of nitrogens with one attached hydrogen (secondary N) is 1. The number of nitrogens with zero attached hydrogens (tertiary/aromatic N) is 1. The van der Waals surface area contributed by atoms with Crippen LogP contribution in [0.3, 0.4) is 0 Å². The first-order chi connectivity index (χ1) is 6.11. The smallest absolute Gasteiger partial charge is 0.316 e. The molecule has 0 aliphatic carbocycles. The number of hydrogen-bond acceptors (Lipinski definition) is 2. The highest BCUT2D eigenvalue weighted by Gasteiger charge is 2.08. The first-order valence-corrected chi connectivity index (χ1v) is 4.77. The second-order valence-corrected chi connectivity index (χ2v) is 3.43.